The lowest BCUT2D eigenvalue weighted by Gasteiger charge is -2.10. The van der Waals surface area contributed by atoms with Gasteiger partial charge < -0.3 is 9.47 Å². The Morgan fingerprint density at radius 3 is 2.73 bits per heavy atom. The molecule has 0 amide bonds. The normalized spacial score (nSPS) is 10.3. The van der Waals surface area contributed by atoms with Gasteiger partial charge in [0.05, 0.1) is 6.61 Å². The van der Waals surface area contributed by atoms with Crippen LogP contribution < -0.4 is 4.74 Å². The number of hydrogen-bond acceptors (Lipinski definition) is 2. The minimum absolute atomic E-state index is 0.211. The maximum absolute atomic E-state index is 13.0. The largest absolute Gasteiger partial charge is 0.491 e. The Bertz CT molecular complexity index is 300. The van der Waals surface area contributed by atoms with Crippen molar-refractivity contribution in [2.75, 3.05) is 20.3 Å². The predicted octanol–water partition coefficient (Wildman–Crippen LogP) is 2.80. The van der Waals surface area contributed by atoms with Crippen molar-refractivity contribution >= 4 is 0 Å². The molecule has 0 aromatic heterocycles. The van der Waals surface area contributed by atoms with Gasteiger partial charge in [-0.1, -0.05) is 13.3 Å². The van der Waals surface area contributed by atoms with E-state index < -0.39 is 0 Å². The maximum Gasteiger partial charge on any atom is 0.123 e. The van der Waals surface area contributed by atoms with Crippen LogP contribution in [0.2, 0.25) is 0 Å². The molecule has 0 aliphatic rings. The molecule has 0 unspecified atom stereocenters. The van der Waals surface area contributed by atoms with E-state index in [1.807, 2.05) is 0 Å². The van der Waals surface area contributed by atoms with Gasteiger partial charge in [-0.15, -0.1) is 0 Å². The number of methoxy groups -OCH3 is 1. The summed E-state index contributed by atoms with van der Waals surface area (Å²) in [5.41, 5.74) is 0.925. The van der Waals surface area contributed by atoms with Gasteiger partial charge in [0.15, 0.2) is 0 Å². The number of hydrogen-bond donors (Lipinski definition) is 0. The zero-order valence-corrected chi connectivity index (χ0v) is 9.25. The van der Waals surface area contributed by atoms with Crippen LogP contribution in [-0.2, 0) is 11.2 Å². The molecule has 1 rings (SSSR count). The van der Waals surface area contributed by atoms with Crippen LogP contribution in [0, 0.1) is 5.82 Å². The molecule has 1 aromatic carbocycles. The third kappa shape index (κ3) is 3.88. The summed E-state index contributed by atoms with van der Waals surface area (Å²) in [7, 11) is 1.63. The van der Waals surface area contributed by atoms with Gasteiger partial charge in [0.1, 0.15) is 18.2 Å². The summed E-state index contributed by atoms with van der Waals surface area (Å²) in [5, 5.41) is 0. The molecule has 0 spiro atoms. The summed E-state index contributed by atoms with van der Waals surface area (Å²) < 4.78 is 23.4. The molecule has 2 nitrogen and oxygen atoms in total. The first kappa shape index (κ1) is 12.0. The van der Waals surface area contributed by atoms with E-state index in [0.29, 0.717) is 13.2 Å². The van der Waals surface area contributed by atoms with Crippen LogP contribution >= 0.6 is 0 Å². The molecule has 84 valence electrons. The zero-order chi connectivity index (χ0) is 11.1. The summed E-state index contributed by atoms with van der Waals surface area (Å²) in [6.45, 7) is 3.10. The molecule has 0 heterocycles. The Hall–Kier alpha value is -1.09. The van der Waals surface area contributed by atoms with Crippen molar-refractivity contribution < 1.29 is 13.9 Å². The molecule has 0 aliphatic carbocycles. The molecule has 0 N–H and O–H groups in total. The number of benzene rings is 1. The van der Waals surface area contributed by atoms with Crippen molar-refractivity contribution in [3.8, 4) is 5.75 Å². The third-order valence-corrected chi connectivity index (χ3v) is 2.09. The Morgan fingerprint density at radius 1 is 1.27 bits per heavy atom. The molecule has 3 heteroatoms. The second kappa shape index (κ2) is 6.40. The Labute approximate surface area is 90.0 Å². The van der Waals surface area contributed by atoms with Gasteiger partial charge in [-0.25, -0.2) is 4.39 Å². The second-order valence-electron chi connectivity index (χ2n) is 3.34. The highest BCUT2D eigenvalue weighted by Gasteiger charge is 2.04. The van der Waals surface area contributed by atoms with Gasteiger partial charge in [0.2, 0.25) is 0 Å². The highest BCUT2D eigenvalue weighted by Crippen LogP contribution is 2.21. The number of halogens is 1. The highest BCUT2D eigenvalue weighted by molar-refractivity contribution is 5.34. The van der Waals surface area contributed by atoms with Crippen LogP contribution in [0.25, 0.3) is 0 Å². The van der Waals surface area contributed by atoms with Crippen LogP contribution in [-0.4, -0.2) is 20.3 Å². The Kier molecular flexibility index (Phi) is 5.12. The fourth-order valence-corrected chi connectivity index (χ4v) is 1.39. The lowest BCUT2D eigenvalue weighted by molar-refractivity contribution is 0.145. The Morgan fingerprint density at radius 2 is 2.07 bits per heavy atom. The molecule has 15 heavy (non-hydrogen) atoms. The number of ether oxygens (including phenoxy) is 2. The monoisotopic (exact) mass is 212 g/mol. The molecule has 0 saturated heterocycles. The molecular formula is C12H17FO2. The standard InChI is InChI=1S/C12H17FO2/c1-3-4-10-9-11(13)5-6-12(10)15-8-7-14-2/h5-6,9H,3-4,7-8H2,1-2H3. The molecule has 0 saturated carbocycles. The van der Waals surface area contributed by atoms with Crippen LogP contribution in [0.3, 0.4) is 0 Å². The van der Waals surface area contributed by atoms with E-state index in [9.17, 15) is 4.39 Å². The van der Waals surface area contributed by atoms with Gasteiger partial charge in [-0.2, -0.15) is 0 Å². The summed E-state index contributed by atoms with van der Waals surface area (Å²) in [6.07, 6.45) is 1.81. The van der Waals surface area contributed by atoms with Crippen molar-refractivity contribution in [1.29, 1.82) is 0 Å². The van der Waals surface area contributed by atoms with Gasteiger partial charge in [0, 0.05) is 7.11 Å². The van der Waals surface area contributed by atoms with Crippen molar-refractivity contribution in [2.24, 2.45) is 0 Å². The smallest absolute Gasteiger partial charge is 0.123 e. The fraction of sp³-hybridized carbons (Fsp3) is 0.500. The van der Waals surface area contributed by atoms with E-state index in [-0.39, 0.29) is 5.82 Å². The first-order chi connectivity index (χ1) is 7.27. The quantitative estimate of drug-likeness (QED) is 0.675. The van der Waals surface area contributed by atoms with Crippen LogP contribution in [0.5, 0.6) is 5.75 Å². The molecule has 0 atom stereocenters. The minimum Gasteiger partial charge on any atom is -0.491 e. The van der Waals surface area contributed by atoms with Crippen LogP contribution in [0.1, 0.15) is 18.9 Å². The minimum atomic E-state index is -0.211. The summed E-state index contributed by atoms with van der Waals surface area (Å²) in [4.78, 5) is 0. The summed E-state index contributed by atoms with van der Waals surface area (Å²) in [6, 6.07) is 4.63. The van der Waals surface area contributed by atoms with Crippen molar-refractivity contribution in [1.82, 2.24) is 0 Å². The number of rotatable bonds is 6. The SMILES string of the molecule is CCCc1cc(F)ccc1OCCOC. The van der Waals surface area contributed by atoms with Gasteiger partial charge in [-0.3, -0.25) is 0 Å². The average molecular weight is 212 g/mol. The first-order valence-electron chi connectivity index (χ1n) is 5.18. The molecular weight excluding hydrogens is 195 g/mol. The molecule has 1 aromatic rings. The maximum atomic E-state index is 13.0. The topological polar surface area (TPSA) is 18.5 Å². The molecule has 0 fully saturated rings. The fourth-order valence-electron chi connectivity index (χ4n) is 1.39. The molecule has 0 radical (unpaired) electrons. The van der Waals surface area contributed by atoms with E-state index in [0.717, 1.165) is 24.2 Å². The van der Waals surface area contributed by atoms with Crippen molar-refractivity contribution in [3.63, 3.8) is 0 Å². The summed E-state index contributed by atoms with van der Waals surface area (Å²) in [5.74, 6) is 0.549. The lowest BCUT2D eigenvalue weighted by atomic mass is 10.1. The molecule has 0 aliphatic heterocycles. The Balaban J connectivity index is 2.67. The predicted molar refractivity (Wildman–Crippen MR) is 57.8 cm³/mol. The highest BCUT2D eigenvalue weighted by atomic mass is 19.1. The zero-order valence-electron chi connectivity index (χ0n) is 9.25. The average Bonchev–Trinajstić information content (AvgIpc) is 2.22. The first-order valence-corrected chi connectivity index (χ1v) is 5.18. The van der Waals surface area contributed by atoms with E-state index >= 15 is 0 Å². The number of aryl methyl sites for hydroxylation is 1. The van der Waals surface area contributed by atoms with Gasteiger partial charge >= 0.3 is 0 Å². The van der Waals surface area contributed by atoms with E-state index in [1.54, 1.807) is 13.2 Å². The second-order valence-corrected chi connectivity index (χ2v) is 3.34. The van der Waals surface area contributed by atoms with E-state index in [4.69, 9.17) is 9.47 Å². The van der Waals surface area contributed by atoms with Gasteiger partial charge in [-0.05, 0) is 30.2 Å². The van der Waals surface area contributed by atoms with Gasteiger partial charge in [0.25, 0.3) is 0 Å². The van der Waals surface area contributed by atoms with E-state index in [2.05, 4.69) is 6.92 Å². The van der Waals surface area contributed by atoms with Crippen LogP contribution in [0.4, 0.5) is 4.39 Å². The van der Waals surface area contributed by atoms with Crippen molar-refractivity contribution in [2.45, 2.75) is 19.8 Å². The molecule has 0 bridgehead atoms. The van der Waals surface area contributed by atoms with E-state index in [1.165, 1.54) is 12.1 Å². The summed E-state index contributed by atoms with van der Waals surface area (Å²) >= 11 is 0. The van der Waals surface area contributed by atoms with Crippen LogP contribution in [0.15, 0.2) is 18.2 Å². The lowest BCUT2D eigenvalue weighted by Crippen LogP contribution is -2.06. The van der Waals surface area contributed by atoms with Crippen molar-refractivity contribution in [3.05, 3.63) is 29.6 Å². The third-order valence-electron chi connectivity index (χ3n) is 2.09.